The molecule has 2 aromatic rings. The number of hydrogen-bond acceptors (Lipinski definition) is 5. The van der Waals surface area contributed by atoms with Crippen molar-refractivity contribution in [1.29, 1.82) is 0 Å². The maximum absolute atomic E-state index is 12.7. The summed E-state index contributed by atoms with van der Waals surface area (Å²) in [6.45, 7) is 3.13. The summed E-state index contributed by atoms with van der Waals surface area (Å²) < 4.78 is 33.0. The minimum atomic E-state index is -3.96. The first-order chi connectivity index (χ1) is 14.8. The van der Waals surface area contributed by atoms with E-state index < -0.39 is 16.0 Å². The summed E-state index contributed by atoms with van der Waals surface area (Å²) in [6, 6.07) is 12.9. The van der Waals surface area contributed by atoms with Crippen molar-refractivity contribution >= 4 is 33.5 Å². The maximum atomic E-state index is 12.7. The molecule has 9 heteroatoms. The third kappa shape index (κ3) is 6.29. The topological polar surface area (TPSA) is 92.8 Å². The van der Waals surface area contributed by atoms with Crippen molar-refractivity contribution in [2.45, 2.75) is 31.2 Å². The van der Waals surface area contributed by atoms with Gasteiger partial charge in [0.1, 0.15) is 4.90 Å². The Bertz CT molecular complexity index is 1040. The van der Waals surface area contributed by atoms with Gasteiger partial charge < -0.3 is 9.64 Å². The van der Waals surface area contributed by atoms with Crippen LogP contribution in [0.15, 0.2) is 53.4 Å². The van der Waals surface area contributed by atoms with E-state index in [0.717, 1.165) is 24.5 Å². The molecule has 7 nitrogen and oxygen atoms in total. The number of sulfonamides is 1. The molecule has 1 amide bonds. The quantitative estimate of drug-likeness (QED) is 0.635. The highest BCUT2D eigenvalue weighted by atomic mass is 35.5. The van der Waals surface area contributed by atoms with Gasteiger partial charge in [-0.05, 0) is 42.5 Å². The number of carbonyl (C=O) groups excluding carboxylic acids is 2. The highest BCUT2D eigenvalue weighted by Gasteiger charge is 2.23. The summed E-state index contributed by atoms with van der Waals surface area (Å²) in [6.07, 6.45) is 1.85. The van der Waals surface area contributed by atoms with Crippen LogP contribution in [-0.2, 0) is 26.1 Å². The van der Waals surface area contributed by atoms with Crippen molar-refractivity contribution in [3.8, 4) is 0 Å². The summed E-state index contributed by atoms with van der Waals surface area (Å²) in [5.74, 6) is -0.460. The molecular weight excluding hydrogens is 440 g/mol. The standard InChI is InChI=1S/C22H25ClN2O5S/c1-16-9-11-25(12-10-16)21(26)15-30-22(27)18-7-8-19(23)20(13-18)31(28,29)24-14-17-5-3-2-4-6-17/h2-8,13,16,24H,9-12,14-15H2,1H3. The monoisotopic (exact) mass is 464 g/mol. The van der Waals surface area contributed by atoms with Gasteiger partial charge in [0.2, 0.25) is 10.0 Å². The van der Waals surface area contributed by atoms with E-state index >= 15 is 0 Å². The van der Waals surface area contributed by atoms with Gasteiger partial charge in [0.05, 0.1) is 10.6 Å². The van der Waals surface area contributed by atoms with Crippen LogP contribution in [0.4, 0.5) is 0 Å². The van der Waals surface area contributed by atoms with Gasteiger partial charge >= 0.3 is 5.97 Å². The normalized spacial score (nSPS) is 15.0. The van der Waals surface area contributed by atoms with Gasteiger partial charge in [-0.15, -0.1) is 0 Å². The summed E-state index contributed by atoms with van der Waals surface area (Å²) in [5, 5.41) is -0.0179. The molecule has 3 rings (SSSR count). The molecule has 1 fully saturated rings. The number of halogens is 1. The Labute approximate surface area is 187 Å². The number of hydrogen-bond donors (Lipinski definition) is 1. The molecule has 0 unspecified atom stereocenters. The molecule has 166 valence electrons. The van der Waals surface area contributed by atoms with E-state index in [9.17, 15) is 18.0 Å². The molecular formula is C22H25ClN2O5S. The number of nitrogens with one attached hydrogen (secondary N) is 1. The van der Waals surface area contributed by atoms with Crippen LogP contribution in [-0.4, -0.2) is 44.9 Å². The Morgan fingerprint density at radius 3 is 2.48 bits per heavy atom. The van der Waals surface area contributed by atoms with Crippen LogP contribution in [0.1, 0.15) is 35.7 Å². The summed E-state index contributed by atoms with van der Waals surface area (Å²) in [7, 11) is -3.96. The van der Waals surface area contributed by atoms with E-state index in [1.54, 1.807) is 29.2 Å². The SMILES string of the molecule is CC1CCN(C(=O)COC(=O)c2ccc(Cl)c(S(=O)(=O)NCc3ccccc3)c2)CC1. The lowest BCUT2D eigenvalue weighted by Gasteiger charge is -2.30. The molecule has 0 atom stereocenters. The zero-order valence-corrected chi connectivity index (χ0v) is 18.8. The summed E-state index contributed by atoms with van der Waals surface area (Å²) >= 11 is 6.08. The third-order valence-electron chi connectivity index (χ3n) is 5.23. The fourth-order valence-corrected chi connectivity index (χ4v) is 4.79. The Kier molecular flexibility index (Phi) is 7.69. The highest BCUT2D eigenvalue weighted by Crippen LogP contribution is 2.23. The Morgan fingerprint density at radius 1 is 1.13 bits per heavy atom. The smallest absolute Gasteiger partial charge is 0.338 e. The van der Waals surface area contributed by atoms with Crippen LogP contribution in [0.3, 0.4) is 0 Å². The van der Waals surface area contributed by atoms with Crippen molar-refractivity contribution in [3.05, 3.63) is 64.7 Å². The second-order valence-electron chi connectivity index (χ2n) is 7.59. The number of piperidine rings is 1. The van der Waals surface area contributed by atoms with Crippen molar-refractivity contribution in [2.24, 2.45) is 5.92 Å². The van der Waals surface area contributed by atoms with Gasteiger partial charge in [0, 0.05) is 19.6 Å². The summed E-state index contributed by atoms with van der Waals surface area (Å²) in [4.78, 5) is 26.1. The third-order valence-corrected chi connectivity index (χ3v) is 7.11. The van der Waals surface area contributed by atoms with Gasteiger partial charge in [0.15, 0.2) is 6.61 Å². The Balaban J connectivity index is 1.64. The lowest BCUT2D eigenvalue weighted by molar-refractivity contribution is -0.135. The average molecular weight is 465 g/mol. The number of rotatable bonds is 7. The molecule has 1 N–H and O–H groups in total. The molecule has 0 saturated carbocycles. The minimum absolute atomic E-state index is 0.00422. The van der Waals surface area contributed by atoms with Crippen LogP contribution in [0.2, 0.25) is 5.02 Å². The number of amides is 1. The molecule has 2 aromatic carbocycles. The van der Waals surface area contributed by atoms with E-state index in [0.29, 0.717) is 19.0 Å². The maximum Gasteiger partial charge on any atom is 0.338 e. The molecule has 1 saturated heterocycles. The van der Waals surface area contributed by atoms with Crippen LogP contribution in [0.25, 0.3) is 0 Å². The van der Waals surface area contributed by atoms with Crippen molar-refractivity contribution in [2.75, 3.05) is 19.7 Å². The first-order valence-electron chi connectivity index (χ1n) is 10.0. The van der Waals surface area contributed by atoms with Crippen molar-refractivity contribution in [1.82, 2.24) is 9.62 Å². The predicted octanol–water partition coefficient (Wildman–Crippen LogP) is 3.23. The molecule has 0 aliphatic carbocycles. The van der Waals surface area contributed by atoms with Crippen molar-refractivity contribution < 1.29 is 22.7 Å². The zero-order valence-electron chi connectivity index (χ0n) is 17.2. The largest absolute Gasteiger partial charge is 0.452 e. The van der Waals surface area contributed by atoms with E-state index in [4.69, 9.17) is 16.3 Å². The number of esters is 1. The average Bonchev–Trinajstić information content (AvgIpc) is 2.77. The zero-order chi connectivity index (χ0) is 22.4. The van der Waals surface area contributed by atoms with E-state index in [1.165, 1.54) is 12.1 Å². The number of carbonyl (C=O) groups is 2. The molecule has 1 aliphatic heterocycles. The predicted molar refractivity (Wildman–Crippen MR) is 117 cm³/mol. The van der Waals surface area contributed by atoms with Crippen LogP contribution >= 0.6 is 11.6 Å². The fourth-order valence-electron chi connectivity index (χ4n) is 3.25. The first kappa shape index (κ1) is 23.2. The van der Waals surface area contributed by atoms with E-state index in [2.05, 4.69) is 11.6 Å². The second kappa shape index (κ2) is 10.3. The molecule has 0 aromatic heterocycles. The minimum Gasteiger partial charge on any atom is -0.452 e. The molecule has 0 radical (unpaired) electrons. The lowest BCUT2D eigenvalue weighted by Crippen LogP contribution is -2.40. The van der Waals surface area contributed by atoms with Crippen LogP contribution in [0, 0.1) is 5.92 Å². The van der Waals surface area contributed by atoms with Crippen LogP contribution in [0.5, 0.6) is 0 Å². The van der Waals surface area contributed by atoms with E-state index in [1.807, 2.05) is 6.07 Å². The van der Waals surface area contributed by atoms with Gasteiger partial charge in [-0.2, -0.15) is 0 Å². The highest BCUT2D eigenvalue weighted by molar-refractivity contribution is 7.89. The molecule has 1 aliphatic rings. The lowest BCUT2D eigenvalue weighted by atomic mass is 9.99. The number of nitrogens with zero attached hydrogens (tertiary/aromatic N) is 1. The molecule has 0 spiro atoms. The molecule has 1 heterocycles. The first-order valence-corrected chi connectivity index (χ1v) is 11.9. The number of ether oxygens (including phenoxy) is 1. The fraction of sp³-hybridized carbons (Fsp3) is 0.364. The second-order valence-corrected chi connectivity index (χ2v) is 9.74. The molecule has 0 bridgehead atoms. The summed E-state index contributed by atoms with van der Waals surface area (Å²) in [5.41, 5.74) is 0.785. The van der Waals surface area contributed by atoms with Gasteiger partial charge in [0.25, 0.3) is 5.91 Å². The Hall–Kier alpha value is -2.42. The number of likely N-dealkylation sites (tertiary alicyclic amines) is 1. The van der Waals surface area contributed by atoms with Crippen molar-refractivity contribution in [3.63, 3.8) is 0 Å². The number of benzene rings is 2. The molecule has 31 heavy (non-hydrogen) atoms. The van der Waals surface area contributed by atoms with Gasteiger partial charge in [-0.25, -0.2) is 17.9 Å². The van der Waals surface area contributed by atoms with E-state index in [-0.39, 0.29) is 34.5 Å². The van der Waals surface area contributed by atoms with Gasteiger partial charge in [-0.1, -0.05) is 48.9 Å². The Morgan fingerprint density at radius 2 is 1.81 bits per heavy atom. The van der Waals surface area contributed by atoms with Crippen LogP contribution < -0.4 is 4.72 Å². The van der Waals surface area contributed by atoms with Gasteiger partial charge in [-0.3, -0.25) is 4.79 Å².